The molecular formula is C16H20N2O4. The summed E-state index contributed by atoms with van der Waals surface area (Å²) >= 11 is 0. The number of nitrogens with zero attached hydrogens (tertiary/aromatic N) is 1. The maximum Gasteiger partial charge on any atom is 0.326 e. The van der Waals surface area contributed by atoms with E-state index in [1.807, 2.05) is 0 Å². The van der Waals surface area contributed by atoms with Crippen LogP contribution in [0, 0.1) is 5.92 Å². The first-order chi connectivity index (χ1) is 10.4. The molecule has 1 aromatic rings. The monoisotopic (exact) mass is 304 g/mol. The molecule has 1 saturated heterocycles. The Labute approximate surface area is 129 Å². The largest absolute Gasteiger partial charge is 0.480 e. The van der Waals surface area contributed by atoms with Crippen molar-refractivity contribution < 1.29 is 19.5 Å². The van der Waals surface area contributed by atoms with Crippen LogP contribution in [-0.2, 0) is 9.59 Å². The van der Waals surface area contributed by atoms with Crippen LogP contribution in [0.25, 0.3) is 0 Å². The first-order valence-electron chi connectivity index (χ1n) is 7.35. The highest BCUT2D eigenvalue weighted by molar-refractivity contribution is 5.98. The molecule has 0 unspecified atom stereocenters. The Bertz CT molecular complexity index is 580. The molecule has 1 heterocycles. The third-order valence-corrected chi connectivity index (χ3v) is 3.72. The molecule has 118 valence electrons. The minimum Gasteiger partial charge on any atom is -0.480 e. The summed E-state index contributed by atoms with van der Waals surface area (Å²) in [5.41, 5.74) is 1.04. The first-order valence-corrected chi connectivity index (χ1v) is 7.35. The second kappa shape index (κ2) is 6.60. The number of anilines is 1. The fourth-order valence-corrected chi connectivity index (χ4v) is 2.42. The van der Waals surface area contributed by atoms with E-state index in [4.69, 9.17) is 5.11 Å². The van der Waals surface area contributed by atoms with Crippen molar-refractivity contribution in [2.24, 2.45) is 5.92 Å². The summed E-state index contributed by atoms with van der Waals surface area (Å²) in [6.07, 6.45) is 1.19. The molecule has 2 N–H and O–H groups in total. The van der Waals surface area contributed by atoms with Crippen LogP contribution in [0.5, 0.6) is 0 Å². The molecule has 0 spiro atoms. The maximum atomic E-state index is 12.4. The number of hydrogen-bond acceptors (Lipinski definition) is 3. The predicted molar refractivity (Wildman–Crippen MR) is 81.6 cm³/mol. The average Bonchev–Trinajstić information content (AvgIpc) is 2.96. The molecule has 1 aliphatic heterocycles. The van der Waals surface area contributed by atoms with Crippen LogP contribution in [0.4, 0.5) is 5.69 Å². The smallest absolute Gasteiger partial charge is 0.326 e. The summed E-state index contributed by atoms with van der Waals surface area (Å²) in [5.74, 6) is -1.47. The quantitative estimate of drug-likeness (QED) is 0.890. The highest BCUT2D eigenvalue weighted by Crippen LogP contribution is 2.21. The number of hydrogen-bond donors (Lipinski definition) is 2. The first kappa shape index (κ1) is 16.0. The van der Waals surface area contributed by atoms with Gasteiger partial charge in [0, 0.05) is 23.7 Å². The number of rotatable bonds is 4. The summed E-state index contributed by atoms with van der Waals surface area (Å²) in [7, 11) is 0. The van der Waals surface area contributed by atoms with Crippen LogP contribution in [0.2, 0.25) is 0 Å². The van der Waals surface area contributed by atoms with Gasteiger partial charge in [-0.05, 0) is 37.1 Å². The number of aliphatic carboxylic acids is 1. The number of carbonyl (C=O) groups is 3. The van der Waals surface area contributed by atoms with Gasteiger partial charge in [0.1, 0.15) is 6.04 Å². The van der Waals surface area contributed by atoms with Crippen LogP contribution in [0.15, 0.2) is 24.3 Å². The number of amides is 2. The molecule has 0 bridgehead atoms. The molecule has 6 nitrogen and oxygen atoms in total. The lowest BCUT2D eigenvalue weighted by Crippen LogP contribution is -2.40. The average molecular weight is 304 g/mol. The van der Waals surface area contributed by atoms with Crippen molar-refractivity contribution in [3.8, 4) is 0 Å². The molecule has 1 atom stereocenters. The molecule has 2 amide bonds. The highest BCUT2D eigenvalue weighted by atomic mass is 16.4. The van der Waals surface area contributed by atoms with E-state index in [0.717, 1.165) is 0 Å². The fourth-order valence-electron chi connectivity index (χ4n) is 2.42. The fraction of sp³-hybridized carbons (Fsp3) is 0.438. The second-order valence-corrected chi connectivity index (χ2v) is 5.72. The van der Waals surface area contributed by atoms with E-state index >= 15 is 0 Å². The molecule has 22 heavy (non-hydrogen) atoms. The topological polar surface area (TPSA) is 86.7 Å². The Morgan fingerprint density at radius 1 is 1.23 bits per heavy atom. The summed E-state index contributed by atoms with van der Waals surface area (Å²) in [4.78, 5) is 36.5. The van der Waals surface area contributed by atoms with E-state index in [2.05, 4.69) is 5.32 Å². The molecular weight excluding hydrogens is 284 g/mol. The van der Waals surface area contributed by atoms with Gasteiger partial charge in [0.05, 0.1) is 0 Å². The Kier molecular flexibility index (Phi) is 4.80. The third kappa shape index (κ3) is 3.44. The van der Waals surface area contributed by atoms with E-state index in [0.29, 0.717) is 30.6 Å². The predicted octanol–water partition coefficient (Wildman–Crippen LogP) is 1.97. The Morgan fingerprint density at radius 3 is 2.41 bits per heavy atom. The van der Waals surface area contributed by atoms with Crippen LogP contribution < -0.4 is 5.32 Å². The lowest BCUT2D eigenvalue weighted by molar-refractivity contribution is -0.141. The Balaban J connectivity index is 2.08. The van der Waals surface area contributed by atoms with E-state index in [9.17, 15) is 14.4 Å². The third-order valence-electron chi connectivity index (χ3n) is 3.72. The second-order valence-electron chi connectivity index (χ2n) is 5.72. The molecule has 0 radical (unpaired) electrons. The van der Waals surface area contributed by atoms with Gasteiger partial charge in [-0.1, -0.05) is 13.8 Å². The van der Waals surface area contributed by atoms with Crippen LogP contribution in [0.3, 0.4) is 0 Å². The summed E-state index contributed by atoms with van der Waals surface area (Å²) in [6.45, 7) is 4.06. The van der Waals surface area contributed by atoms with Gasteiger partial charge in [0.25, 0.3) is 5.91 Å². The SMILES string of the molecule is CC(C)C(=O)Nc1ccc(C(=O)N2CCC[C@H]2C(=O)O)cc1. The van der Waals surface area contributed by atoms with Gasteiger partial charge < -0.3 is 15.3 Å². The number of benzene rings is 1. The van der Waals surface area contributed by atoms with E-state index in [1.165, 1.54) is 4.90 Å². The molecule has 1 aromatic carbocycles. The highest BCUT2D eigenvalue weighted by Gasteiger charge is 2.34. The zero-order chi connectivity index (χ0) is 16.3. The molecule has 1 fully saturated rings. The van der Waals surface area contributed by atoms with Crippen molar-refractivity contribution in [3.05, 3.63) is 29.8 Å². The van der Waals surface area contributed by atoms with Crippen LogP contribution >= 0.6 is 0 Å². The number of carboxylic acid groups (broad SMARTS) is 1. The molecule has 2 rings (SSSR count). The number of carbonyl (C=O) groups excluding carboxylic acids is 2. The summed E-state index contributed by atoms with van der Waals surface area (Å²) in [6, 6.07) is 5.77. The minimum absolute atomic E-state index is 0.0930. The van der Waals surface area contributed by atoms with E-state index < -0.39 is 12.0 Å². The number of likely N-dealkylation sites (tertiary alicyclic amines) is 1. The Hall–Kier alpha value is -2.37. The van der Waals surface area contributed by atoms with E-state index in [1.54, 1.807) is 38.1 Å². The molecule has 0 aliphatic carbocycles. The molecule has 1 aliphatic rings. The number of nitrogens with one attached hydrogen (secondary N) is 1. The standard InChI is InChI=1S/C16H20N2O4/c1-10(2)14(19)17-12-7-5-11(6-8-12)15(20)18-9-3-4-13(18)16(21)22/h5-8,10,13H,3-4,9H2,1-2H3,(H,17,19)(H,21,22)/t13-/m0/s1. The molecule has 0 aromatic heterocycles. The van der Waals surface area contributed by atoms with Gasteiger partial charge in [-0.15, -0.1) is 0 Å². The van der Waals surface area contributed by atoms with Gasteiger partial charge in [0.15, 0.2) is 0 Å². The van der Waals surface area contributed by atoms with Crippen molar-refractivity contribution in [3.63, 3.8) is 0 Å². The lowest BCUT2D eigenvalue weighted by atomic mass is 10.1. The van der Waals surface area contributed by atoms with Crippen molar-refractivity contribution in [1.29, 1.82) is 0 Å². The summed E-state index contributed by atoms with van der Waals surface area (Å²) < 4.78 is 0. The van der Waals surface area contributed by atoms with Gasteiger partial charge in [0.2, 0.25) is 5.91 Å². The molecule has 0 saturated carbocycles. The zero-order valence-electron chi connectivity index (χ0n) is 12.7. The molecule has 6 heteroatoms. The van der Waals surface area contributed by atoms with Crippen LogP contribution in [-0.4, -0.2) is 40.4 Å². The van der Waals surface area contributed by atoms with Gasteiger partial charge in [-0.2, -0.15) is 0 Å². The minimum atomic E-state index is -0.966. The van der Waals surface area contributed by atoms with Crippen LogP contribution in [0.1, 0.15) is 37.0 Å². The number of carboxylic acids is 1. The summed E-state index contributed by atoms with van der Waals surface area (Å²) in [5, 5.41) is 11.9. The van der Waals surface area contributed by atoms with Gasteiger partial charge >= 0.3 is 5.97 Å². The van der Waals surface area contributed by atoms with Crippen molar-refractivity contribution in [2.45, 2.75) is 32.7 Å². The maximum absolute atomic E-state index is 12.4. The normalized spacial score (nSPS) is 17.6. The van der Waals surface area contributed by atoms with Gasteiger partial charge in [-0.3, -0.25) is 9.59 Å². The van der Waals surface area contributed by atoms with E-state index in [-0.39, 0.29) is 17.7 Å². The van der Waals surface area contributed by atoms with Crippen molar-refractivity contribution in [2.75, 3.05) is 11.9 Å². The zero-order valence-corrected chi connectivity index (χ0v) is 12.7. The van der Waals surface area contributed by atoms with Gasteiger partial charge in [-0.25, -0.2) is 4.79 Å². The lowest BCUT2D eigenvalue weighted by Gasteiger charge is -2.21. The Morgan fingerprint density at radius 2 is 1.86 bits per heavy atom. The van der Waals surface area contributed by atoms with Crippen molar-refractivity contribution >= 4 is 23.5 Å². The van der Waals surface area contributed by atoms with Crippen molar-refractivity contribution in [1.82, 2.24) is 4.90 Å².